The second kappa shape index (κ2) is 4.70. The van der Waals surface area contributed by atoms with Crippen molar-refractivity contribution >= 4 is 0 Å². The Balaban J connectivity index is 3.55. The van der Waals surface area contributed by atoms with E-state index in [0.29, 0.717) is 6.42 Å². The van der Waals surface area contributed by atoms with Crippen LogP contribution in [0.1, 0.15) is 39.5 Å². The van der Waals surface area contributed by atoms with Crippen LogP contribution in [0.2, 0.25) is 0 Å². The normalized spacial score (nSPS) is 15.0. The van der Waals surface area contributed by atoms with Crippen molar-refractivity contribution in [3.63, 3.8) is 0 Å². The van der Waals surface area contributed by atoms with Crippen LogP contribution in [-0.4, -0.2) is 16.9 Å². The van der Waals surface area contributed by atoms with Crippen LogP contribution in [0, 0.1) is 0 Å². The quantitative estimate of drug-likeness (QED) is 0.406. The fraction of sp³-hybridized carbons (Fsp3) is 1.00. The molecule has 68 valence electrons. The molecular formula is C8H20N2O. The van der Waals surface area contributed by atoms with Crippen molar-refractivity contribution in [2.45, 2.75) is 51.3 Å². The van der Waals surface area contributed by atoms with Gasteiger partial charge in [-0.15, -0.1) is 0 Å². The topological polar surface area (TPSA) is 72.3 Å². The monoisotopic (exact) mass is 160 g/mol. The smallest absolute Gasteiger partial charge is 0.0900 e. The van der Waals surface area contributed by atoms with Crippen molar-refractivity contribution in [3.8, 4) is 0 Å². The molecule has 0 fully saturated rings. The molecule has 0 heterocycles. The van der Waals surface area contributed by atoms with Gasteiger partial charge in [-0.2, -0.15) is 0 Å². The Hall–Kier alpha value is -0.120. The van der Waals surface area contributed by atoms with E-state index in [1.807, 2.05) is 0 Å². The molecule has 3 nitrogen and oxygen atoms in total. The van der Waals surface area contributed by atoms with Gasteiger partial charge >= 0.3 is 0 Å². The standard InChI is InChI=1S/C8H20N2O/c1-3-4-5-6-8(9,10)7(2)11/h7,11H,3-6,9-10H2,1-2H3. The summed E-state index contributed by atoms with van der Waals surface area (Å²) in [5.74, 6) is 0. The van der Waals surface area contributed by atoms with E-state index < -0.39 is 11.8 Å². The van der Waals surface area contributed by atoms with Gasteiger partial charge in [-0.05, 0) is 13.3 Å². The van der Waals surface area contributed by atoms with Crippen molar-refractivity contribution in [1.82, 2.24) is 0 Å². The minimum absolute atomic E-state index is 0.626. The molecule has 0 aromatic heterocycles. The fourth-order valence-electron chi connectivity index (χ4n) is 0.890. The van der Waals surface area contributed by atoms with E-state index in [0.717, 1.165) is 19.3 Å². The summed E-state index contributed by atoms with van der Waals surface area (Å²) in [5.41, 5.74) is 10.4. The summed E-state index contributed by atoms with van der Waals surface area (Å²) in [5, 5.41) is 9.13. The molecule has 3 heteroatoms. The molecule has 0 aliphatic carbocycles. The number of hydrogen-bond donors (Lipinski definition) is 3. The molecule has 0 rings (SSSR count). The van der Waals surface area contributed by atoms with Gasteiger partial charge in [0.15, 0.2) is 0 Å². The van der Waals surface area contributed by atoms with Gasteiger partial charge < -0.3 is 16.6 Å². The lowest BCUT2D eigenvalue weighted by atomic mass is 9.99. The molecule has 1 atom stereocenters. The number of rotatable bonds is 5. The fourth-order valence-corrected chi connectivity index (χ4v) is 0.890. The van der Waals surface area contributed by atoms with Gasteiger partial charge in [-0.1, -0.05) is 26.2 Å². The predicted molar refractivity (Wildman–Crippen MR) is 46.9 cm³/mol. The lowest BCUT2D eigenvalue weighted by Gasteiger charge is -2.27. The third-order valence-corrected chi connectivity index (χ3v) is 1.99. The Morgan fingerprint density at radius 2 is 1.91 bits per heavy atom. The van der Waals surface area contributed by atoms with Gasteiger partial charge in [0.2, 0.25) is 0 Å². The molecule has 0 aromatic rings. The molecule has 0 aliphatic heterocycles. The number of hydrogen-bond acceptors (Lipinski definition) is 3. The van der Waals surface area contributed by atoms with Gasteiger partial charge in [0, 0.05) is 0 Å². The lowest BCUT2D eigenvalue weighted by Crippen LogP contribution is -2.57. The molecule has 1 unspecified atom stereocenters. The van der Waals surface area contributed by atoms with Crippen LogP contribution in [0.4, 0.5) is 0 Å². The highest BCUT2D eigenvalue weighted by atomic mass is 16.3. The zero-order valence-electron chi connectivity index (χ0n) is 7.51. The van der Waals surface area contributed by atoms with Crippen molar-refractivity contribution in [1.29, 1.82) is 0 Å². The van der Waals surface area contributed by atoms with Crippen molar-refractivity contribution in [2.75, 3.05) is 0 Å². The lowest BCUT2D eigenvalue weighted by molar-refractivity contribution is 0.0961. The molecule has 0 amide bonds. The number of aliphatic hydroxyl groups excluding tert-OH is 1. The Bertz CT molecular complexity index is 102. The molecule has 0 saturated heterocycles. The Kier molecular flexibility index (Phi) is 4.65. The maximum absolute atomic E-state index is 9.13. The van der Waals surface area contributed by atoms with Gasteiger partial charge in [0.1, 0.15) is 0 Å². The molecule has 0 spiro atoms. The highest BCUT2D eigenvalue weighted by molar-refractivity contribution is 4.81. The maximum Gasteiger partial charge on any atom is 0.0900 e. The zero-order chi connectivity index (χ0) is 8.91. The number of nitrogens with two attached hydrogens (primary N) is 2. The molecule has 0 saturated carbocycles. The van der Waals surface area contributed by atoms with E-state index in [9.17, 15) is 0 Å². The Morgan fingerprint density at radius 3 is 2.27 bits per heavy atom. The van der Waals surface area contributed by atoms with E-state index in [1.165, 1.54) is 0 Å². The molecule has 5 N–H and O–H groups in total. The summed E-state index contributed by atoms with van der Waals surface area (Å²) in [6.07, 6.45) is 3.34. The summed E-state index contributed by atoms with van der Waals surface area (Å²) >= 11 is 0. The van der Waals surface area contributed by atoms with Crippen LogP contribution in [0.5, 0.6) is 0 Å². The maximum atomic E-state index is 9.13. The number of aliphatic hydroxyl groups is 1. The summed E-state index contributed by atoms with van der Waals surface area (Å²) < 4.78 is 0. The minimum atomic E-state index is -0.894. The highest BCUT2D eigenvalue weighted by Crippen LogP contribution is 2.10. The van der Waals surface area contributed by atoms with Gasteiger partial charge in [-0.25, -0.2) is 0 Å². The second-order valence-corrected chi connectivity index (χ2v) is 3.25. The van der Waals surface area contributed by atoms with Crippen LogP contribution in [0.3, 0.4) is 0 Å². The largest absolute Gasteiger partial charge is 0.390 e. The van der Waals surface area contributed by atoms with Crippen LogP contribution in [-0.2, 0) is 0 Å². The summed E-state index contributed by atoms with van der Waals surface area (Å²) in [6, 6.07) is 0. The van der Waals surface area contributed by atoms with Crippen molar-refractivity contribution in [2.24, 2.45) is 11.5 Å². The van der Waals surface area contributed by atoms with Gasteiger partial charge in [0.05, 0.1) is 11.8 Å². The first kappa shape index (κ1) is 10.9. The third-order valence-electron chi connectivity index (χ3n) is 1.99. The van der Waals surface area contributed by atoms with Crippen LogP contribution >= 0.6 is 0 Å². The first-order chi connectivity index (χ1) is 5.00. The second-order valence-electron chi connectivity index (χ2n) is 3.25. The molecule has 0 aliphatic rings. The Morgan fingerprint density at radius 1 is 1.36 bits per heavy atom. The van der Waals surface area contributed by atoms with Crippen LogP contribution in [0.15, 0.2) is 0 Å². The Labute approximate surface area is 68.8 Å². The van der Waals surface area contributed by atoms with E-state index in [-0.39, 0.29) is 0 Å². The minimum Gasteiger partial charge on any atom is -0.390 e. The first-order valence-corrected chi connectivity index (χ1v) is 4.26. The SMILES string of the molecule is CCCCCC(N)(N)C(C)O. The molecule has 11 heavy (non-hydrogen) atoms. The summed E-state index contributed by atoms with van der Waals surface area (Å²) in [7, 11) is 0. The van der Waals surface area contributed by atoms with Gasteiger partial charge in [-0.3, -0.25) is 0 Å². The van der Waals surface area contributed by atoms with E-state index in [2.05, 4.69) is 6.92 Å². The van der Waals surface area contributed by atoms with Crippen LogP contribution < -0.4 is 11.5 Å². The zero-order valence-corrected chi connectivity index (χ0v) is 7.51. The molecule has 0 bridgehead atoms. The molecule has 0 aromatic carbocycles. The predicted octanol–water partition coefficient (Wildman–Crippen LogP) is 0.561. The van der Waals surface area contributed by atoms with Gasteiger partial charge in [0.25, 0.3) is 0 Å². The molecular weight excluding hydrogens is 140 g/mol. The first-order valence-electron chi connectivity index (χ1n) is 4.26. The summed E-state index contributed by atoms with van der Waals surface area (Å²) in [6.45, 7) is 3.75. The van der Waals surface area contributed by atoms with E-state index in [4.69, 9.17) is 16.6 Å². The third kappa shape index (κ3) is 4.35. The molecule has 0 radical (unpaired) electrons. The average Bonchev–Trinajstić information content (AvgIpc) is 1.88. The van der Waals surface area contributed by atoms with E-state index >= 15 is 0 Å². The van der Waals surface area contributed by atoms with E-state index in [1.54, 1.807) is 6.92 Å². The van der Waals surface area contributed by atoms with Crippen molar-refractivity contribution < 1.29 is 5.11 Å². The highest BCUT2D eigenvalue weighted by Gasteiger charge is 2.24. The van der Waals surface area contributed by atoms with Crippen molar-refractivity contribution in [3.05, 3.63) is 0 Å². The van der Waals surface area contributed by atoms with Crippen LogP contribution in [0.25, 0.3) is 0 Å². The average molecular weight is 160 g/mol. The summed E-state index contributed by atoms with van der Waals surface area (Å²) in [4.78, 5) is 0. The number of unbranched alkanes of at least 4 members (excludes halogenated alkanes) is 2.